The molecule has 1 saturated heterocycles. The van der Waals surface area contributed by atoms with Crippen LogP contribution < -0.4 is 68.9 Å². The van der Waals surface area contributed by atoms with Crippen molar-refractivity contribution in [1.82, 2.24) is 4.31 Å². The Balaban J connectivity index is 0.000000640. The van der Waals surface area contributed by atoms with Gasteiger partial charge in [0.1, 0.15) is 0 Å². The zero-order valence-corrected chi connectivity index (χ0v) is 12.2. The van der Waals surface area contributed by atoms with Gasteiger partial charge in [0.05, 0.1) is 0 Å². The zero-order chi connectivity index (χ0) is 6.15. The predicted molar refractivity (Wildman–Crippen MR) is 28.5 cm³/mol. The Bertz CT molecular complexity index is 134. The molecule has 0 bridgehead atoms. The van der Waals surface area contributed by atoms with Gasteiger partial charge >= 0.3 is 68.9 Å². The van der Waals surface area contributed by atoms with E-state index in [4.69, 9.17) is 0 Å². The summed E-state index contributed by atoms with van der Waals surface area (Å²) in [5.74, 6) is -0.491. The summed E-state index contributed by atoms with van der Waals surface area (Å²) in [6, 6.07) is 0. The minimum Gasteiger partial charge on any atom is -0.655 e. The first-order valence-electron chi connectivity index (χ1n) is 2.25. The molecule has 9 heavy (non-hydrogen) atoms. The van der Waals surface area contributed by atoms with Crippen molar-refractivity contribution in [3.8, 4) is 0 Å². The standard InChI is InChI=1S/C4H4NO2S.Cs/c6-3-1-2-4(7)5(3)8;/h1-2H2;/q-1;+1. The van der Waals surface area contributed by atoms with E-state index in [0.29, 0.717) is 12.8 Å². The van der Waals surface area contributed by atoms with E-state index in [1.165, 1.54) is 0 Å². The first kappa shape index (κ1) is 10.5. The van der Waals surface area contributed by atoms with Crippen molar-refractivity contribution in [2.75, 3.05) is 0 Å². The summed E-state index contributed by atoms with van der Waals surface area (Å²) in [6.07, 6.45) is 0.588. The molecule has 0 radical (unpaired) electrons. The Morgan fingerprint density at radius 2 is 1.56 bits per heavy atom. The Hall–Kier alpha value is 1.54. The second-order valence-corrected chi connectivity index (χ2v) is 1.95. The van der Waals surface area contributed by atoms with Gasteiger partial charge in [-0.1, -0.05) is 0 Å². The van der Waals surface area contributed by atoms with E-state index < -0.39 is 0 Å². The van der Waals surface area contributed by atoms with E-state index in [-0.39, 0.29) is 80.7 Å². The molecule has 2 amide bonds. The summed E-state index contributed by atoms with van der Waals surface area (Å²) in [5.41, 5.74) is 0. The summed E-state index contributed by atoms with van der Waals surface area (Å²) in [5, 5.41) is 0. The van der Waals surface area contributed by atoms with Crippen molar-refractivity contribution in [1.29, 1.82) is 0 Å². The molecule has 1 rings (SSSR count). The fraction of sp³-hybridized carbons (Fsp3) is 0.500. The van der Waals surface area contributed by atoms with Crippen molar-refractivity contribution in [3.05, 3.63) is 0 Å². The molecule has 1 aliphatic heterocycles. The Morgan fingerprint density at radius 3 is 1.67 bits per heavy atom. The van der Waals surface area contributed by atoms with E-state index in [9.17, 15) is 9.59 Å². The number of imide groups is 1. The molecule has 44 valence electrons. The van der Waals surface area contributed by atoms with Gasteiger partial charge in [0.25, 0.3) is 0 Å². The summed E-state index contributed by atoms with van der Waals surface area (Å²) in [4.78, 5) is 20.8. The molecule has 0 spiro atoms. The number of hydrogen-bond donors (Lipinski definition) is 0. The quantitative estimate of drug-likeness (QED) is 0.338. The average Bonchev–Trinajstić information content (AvgIpc) is 1.98. The van der Waals surface area contributed by atoms with Gasteiger partial charge in [-0.25, -0.2) is 0 Å². The number of carbonyl (C=O) groups is 2. The maximum absolute atomic E-state index is 10.4. The average molecular weight is 263 g/mol. The van der Waals surface area contributed by atoms with E-state index in [2.05, 4.69) is 12.8 Å². The van der Waals surface area contributed by atoms with Crippen LogP contribution >= 0.6 is 0 Å². The van der Waals surface area contributed by atoms with E-state index in [1.54, 1.807) is 0 Å². The van der Waals surface area contributed by atoms with Gasteiger partial charge in [-0.3, -0.25) is 9.59 Å². The molecule has 1 heterocycles. The van der Waals surface area contributed by atoms with Crippen LogP contribution in [-0.4, -0.2) is 16.1 Å². The van der Waals surface area contributed by atoms with Gasteiger partial charge in [0, 0.05) is 12.8 Å². The smallest absolute Gasteiger partial charge is 0.655 e. The monoisotopic (exact) mass is 263 g/mol. The topological polar surface area (TPSA) is 37.4 Å². The fourth-order valence-corrected chi connectivity index (χ4v) is 0.739. The van der Waals surface area contributed by atoms with Crippen LogP contribution in [0.4, 0.5) is 0 Å². The number of carbonyl (C=O) groups excluding carboxylic acids is 2. The Labute approximate surface area is 118 Å². The van der Waals surface area contributed by atoms with Crippen molar-refractivity contribution in [2.45, 2.75) is 12.8 Å². The number of rotatable bonds is 0. The van der Waals surface area contributed by atoms with Crippen LogP contribution in [0.3, 0.4) is 0 Å². The molecule has 1 fully saturated rings. The van der Waals surface area contributed by atoms with Crippen molar-refractivity contribution < 1.29 is 78.5 Å². The van der Waals surface area contributed by atoms with E-state index >= 15 is 0 Å². The summed E-state index contributed by atoms with van der Waals surface area (Å²) in [6.45, 7) is 0. The summed E-state index contributed by atoms with van der Waals surface area (Å²) in [7, 11) is 0. The van der Waals surface area contributed by atoms with Gasteiger partial charge in [0.15, 0.2) is 0 Å². The van der Waals surface area contributed by atoms with E-state index in [0.717, 1.165) is 4.31 Å². The summed E-state index contributed by atoms with van der Waals surface area (Å²) < 4.78 is 0.750. The molecule has 3 nitrogen and oxygen atoms in total. The van der Waals surface area contributed by atoms with Crippen LogP contribution in [0.2, 0.25) is 0 Å². The molecule has 0 N–H and O–H groups in total. The molecule has 0 unspecified atom stereocenters. The zero-order valence-electron chi connectivity index (χ0n) is 5.09. The minimum atomic E-state index is -0.245. The van der Waals surface area contributed by atoms with E-state index in [1.807, 2.05) is 0 Å². The molecule has 1 aliphatic rings. The second-order valence-electron chi connectivity index (χ2n) is 1.58. The van der Waals surface area contributed by atoms with Gasteiger partial charge in [-0.05, 0) is 0 Å². The van der Waals surface area contributed by atoms with Crippen molar-refractivity contribution >= 4 is 24.6 Å². The van der Waals surface area contributed by atoms with Crippen LogP contribution in [0.25, 0.3) is 0 Å². The van der Waals surface area contributed by atoms with Gasteiger partial charge in [-0.15, -0.1) is 0 Å². The van der Waals surface area contributed by atoms with Gasteiger partial charge in [-0.2, -0.15) is 0 Å². The molecule has 0 aromatic heterocycles. The third-order valence-corrected chi connectivity index (χ3v) is 1.41. The summed E-state index contributed by atoms with van der Waals surface area (Å²) >= 11 is 4.38. The molecular weight excluding hydrogens is 259 g/mol. The third kappa shape index (κ3) is 2.57. The molecule has 0 aromatic rings. The molecule has 0 aromatic carbocycles. The fourth-order valence-electron chi connectivity index (χ4n) is 0.556. The molecule has 0 aliphatic carbocycles. The first-order valence-corrected chi connectivity index (χ1v) is 2.61. The maximum Gasteiger partial charge on any atom is 1.00 e. The van der Waals surface area contributed by atoms with Crippen LogP contribution in [0.1, 0.15) is 12.8 Å². The third-order valence-electron chi connectivity index (χ3n) is 1.01. The van der Waals surface area contributed by atoms with Gasteiger partial charge < -0.3 is 17.1 Å². The van der Waals surface area contributed by atoms with Crippen LogP contribution in [-0.2, 0) is 22.4 Å². The Morgan fingerprint density at radius 1 is 1.22 bits per heavy atom. The maximum atomic E-state index is 10.4. The van der Waals surface area contributed by atoms with Crippen LogP contribution in [0.5, 0.6) is 0 Å². The number of hydrogen-bond acceptors (Lipinski definition) is 3. The largest absolute Gasteiger partial charge is 1.00 e. The van der Waals surface area contributed by atoms with Crippen molar-refractivity contribution in [2.24, 2.45) is 0 Å². The molecule has 0 atom stereocenters. The predicted octanol–water partition coefficient (Wildman–Crippen LogP) is -3.40. The van der Waals surface area contributed by atoms with Crippen LogP contribution in [0, 0.1) is 0 Å². The molecular formula is C4H4CsNO2S. The second kappa shape index (κ2) is 4.43. The van der Waals surface area contributed by atoms with Gasteiger partial charge in [0.2, 0.25) is 11.8 Å². The minimum absolute atomic E-state index is 0. The molecule has 5 heteroatoms. The Kier molecular flexibility index (Phi) is 5.18. The number of nitrogens with zero attached hydrogens (tertiary/aromatic N) is 1. The SMILES string of the molecule is O=C1CCC(=O)N1[S-].[Cs+]. The molecule has 0 saturated carbocycles. The number of amides is 2. The van der Waals surface area contributed by atoms with Crippen LogP contribution in [0.15, 0.2) is 0 Å². The van der Waals surface area contributed by atoms with Crippen molar-refractivity contribution in [3.63, 3.8) is 0 Å². The first-order chi connectivity index (χ1) is 3.72. The normalized spacial score (nSPS) is 18.1.